The number of nitrogens with zero attached hydrogens (tertiary/aromatic N) is 3. The highest BCUT2D eigenvalue weighted by Crippen LogP contribution is 2.24. The van der Waals surface area contributed by atoms with Gasteiger partial charge in [-0.15, -0.1) is 0 Å². The second kappa shape index (κ2) is 4.56. The lowest BCUT2D eigenvalue weighted by atomic mass is 10.3. The summed E-state index contributed by atoms with van der Waals surface area (Å²) in [4.78, 5) is 3.88. The fourth-order valence-electron chi connectivity index (χ4n) is 1.86. The van der Waals surface area contributed by atoms with Crippen molar-refractivity contribution in [3.8, 4) is 0 Å². The molecule has 6 nitrogen and oxygen atoms in total. The van der Waals surface area contributed by atoms with Crippen molar-refractivity contribution in [1.82, 2.24) is 19.2 Å². The highest BCUT2D eigenvalue weighted by Gasteiger charge is 2.34. The van der Waals surface area contributed by atoms with Crippen LogP contribution in [0.2, 0.25) is 5.15 Å². The van der Waals surface area contributed by atoms with Crippen LogP contribution in [0.3, 0.4) is 0 Å². The number of nitrogens with one attached hydrogen (secondary N) is 1. The molecule has 17 heavy (non-hydrogen) atoms. The van der Waals surface area contributed by atoms with E-state index >= 15 is 0 Å². The van der Waals surface area contributed by atoms with E-state index in [1.54, 1.807) is 7.05 Å². The number of aromatic nitrogens is 2. The zero-order chi connectivity index (χ0) is 12.6. The number of halogens is 1. The van der Waals surface area contributed by atoms with Crippen LogP contribution in [0.25, 0.3) is 0 Å². The molecular formula is C9H15ClN4O2S. The number of imidazole rings is 1. The van der Waals surface area contributed by atoms with Gasteiger partial charge in [-0.25, -0.2) is 13.4 Å². The molecule has 2 heterocycles. The number of hydrogen-bond donors (Lipinski definition) is 1. The first-order valence-electron chi connectivity index (χ1n) is 5.34. The van der Waals surface area contributed by atoms with Gasteiger partial charge in [-0.2, -0.15) is 4.31 Å². The first-order valence-corrected chi connectivity index (χ1v) is 7.15. The number of sulfonamides is 1. The second-order valence-electron chi connectivity index (χ2n) is 4.12. The van der Waals surface area contributed by atoms with Gasteiger partial charge in [0.15, 0.2) is 0 Å². The maximum Gasteiger partial charge on any atom is 0.264 e. The molecule has 0 unspecified atom stereocenters. The minimum absolute atomic E-state index is 0.0598. The predicted molar refractivity (Wildman–Crippen MR) is 64.4 cm³/mol. The number of hydrogen-bond acceptors (Lipinski definition) is 4. The molecule has 0 radical (unpaired) electrons. The molecule has 96 valence electrons. The molecule has 0 spiro atoms. The third kappa shape index (κ3) is 2.20. The second-order valence-corrected chi connectivity index (χ2v) is 6.28. The molecule has 1 saturated heterocycles. The Morgan fingerprint density at radius 1 is 1.59 bits per heavy atom. The van der Waals surface area contributed by atoms with Gasteiger partial charge < -0.3 is 9.88 Å². The predicted octanol–water partition coefficient (Wildman–Crippen LogP) is 0.0559. The highest BCUT2D eigenvalue weighted by molar-refractivity contribution is 7.89. The third-order valence-electron chi connectivity index (χ3n) is 2.83. The van der Waals surface area contributed by atoms with E-state index < -0.39 is 10.0 Å². The molecule has 1 aliphatic rings. The average Bonchev–Trinajstić information content (AvgIpc) is 2.60. The molecule has 2 rings (SSSR count). The molecule has 8 heteroatoms. The Morgan fingerprint density at radius 2 is 2.29 bits per heavy atom. The van der Waals surface area contributed by atoms with Crippen molar-refractivity contribution >= 4 is 21.6 Å². The molecule has 1 aliphatic heterocycles. The fourth-order valence-corrected chi connectivity index (χ4v) is 3.88. The lowest BCUT2D eigenvalue weighted by Gasteiger charge is -2.32. The van der Waals surface area contributed by atoms with Crippen LogP contribution in [0.4, 0.5) is 0 Å². The van der Waals surface area contributed by atoms with Crippen LogP contribution in [-0.2, 0) is 17.1 Å². The molecule has 1 N–H and O–H groups in total. The van der Waals surface area contributed by atoms with Crippen LogP contribution < -0.4 is 5.32 Å². The van der Waals surface area contributed by atoms with Gasteiger partial charge in [-0.1, -0.05) is 11.6 Å². The molecule has 1 atom stereocenters. The molecule has 0 amide bonds. The lowest BCUT2D eigenvalue weighted by molar-refractivity contribution is 0.283. The van der Waals surface area contributed by atoms with Gasteiger partial charge in [-0.05, 0) is 6.92 Å². The summed E-state index contributed by atoms with van der Waals surface area (Å²) in [5.74, 6) is 0. The van der Waals surface area contributed by atoms with E-state index in [9.17, 15) is 8.42 Å². The molecule has 0 saturated carbocycles. The first-order chi connectivity index (χ1) is 7.94. The fraction of sp³-hybridized carbons (Fsp3) is 0.667. The minimum Gasteiger partial charge on any atom is -0.324 e. The minimum atomic E-state index is -3.59. The van der Waals surface area contributed by atoms with Crippen LogP contribution in [0.5, 0.6) is 0 Å². The number of piperazine rings is 1. The highest BCUT2D eigenvalue weighted by atomic mass is 35.5. The maximum absolute atomic E-state index is 12.4. The molecular weight excluding hydrogens is 264 g/mol. The Balaban J connectivity index is 2.39. The average molecular weight is 279 g/mol. The van der Waals surface area contributed by atoms with Gasteiger partial charge in [0, 0.05) is 32.7 Å². The maximum atomic E-state index is 12.4. The number of aryl methyl sites for hydroxylation is 1. The third-order valence-corrected chi connectivity index (χ3v) is 5.33. The van der Waals surface area contributed by atoms with Crippen molar-refractivity contribution in [3.05, 3.63) is 11.5 Å². The molecule has 1 aromatic heterocycles. The van der Waals surface area contributed by atoms with Crippen LogP contribution in [-0.4, -0.2) is 48.0 Å². The largest absolute Gasteiger partial charge is 0.324 e. The van der Waals surface area contributed by atoms with Crippen molar-refractivity contribution in [2.75, 3.05) is 19.6 Å². The lowest BCUT2D eigenvalue weighted by Crippen LogP contribution is -2.52. The molecule has 0 bridgehead atoms. The van der Waals surface area contributed by atoms with Gasteiger partial charge in [-0.3, -0.25) is 0 Å². The summed E-state index contributed by atoms with van der Waals surface area (Å²) < 4.78 is 27.7. The smallest absolute Gasteiger partial charge is 0.264 e. The monoisotopic (exact) mass is 278 g/mol. The van der Waals surface area contributed by atoms with Crippen molar-refractivity contribution in [3.63, 3.8) is 0 Å². The number of rotatable bonds is 2. The first kappa shape index (κ1) is 12.8. The summed E-state index contributed by atoms with van der Waals surface area (Å²) in [5, 5.41) is 3.23. The van der Waals surface area contributed by atoms with Crippen LogP contribution in [0.1, 0.15) is 6.92 Å². The zero-order valence-corrected chi connectivity index (χ0v) is 11.3. The SMILES string of the molecule is C[C@H]1CNCCN1S(=O)(=O)c1ncn(C)c1Cl. The summed E-state index contributed by atoms with van der Waals surface area (Å²) in [6.07, 6.45) is 1.40. The van der Waals surface area contributed by atoms with E-state index in [4.69, 9.17) is 11.6 Å². The Hall–Kier alpha value is -0.630. The summed E-state index contributed by atoms with van der Waals surface area (Å²) in [6.45, 7) is 3.59. The van der Waals surface area contributed by atoms with Crippen molar-refractivity contribution < 1.29 is 8.42 Å². The van der Waals surface area contributed by atoms with Crippen LogP contribution >= 0.6 is 11.6 Å². The van der Waals surface area contributed by atoms with E-state index in [1.165, 1.54) is 15.2 Å². The van der Waals surface area contributed by atoms with E-state index in [2.05, 4.69) is 10.3 Å². The zero-order valence-electron chi connectivity index (χ0n) is 9.72. The van der Waals surface area contributed by atoms with Crippen LogP contribution in [0.15, 0.2) is 11.4 Å². The Morgan fingerprint density at radius 3 is 2.82 bits per heavy atom. The Bertz CT molecular complexity index is 513. The summed E-state index contributed by atoms with van der Waals surface area (Å²) in [7, 11) is -1.93. The van der Waals surface area contributed by atoms with E-state index in [0.717, 1.165) is 0 Å². The Labute approximate surface area is 106 Å². The van der Waals surface area contributed by atoms with E-state index in [1.807, 2.05) is 6.92 Å². The van der Waals surface area contributed by atoms with Crippen molar-refractivity contribution in [2.24, 2.45) is 7.05 Å². The van der Waals surface area contributed by atoms with E-state index in [-0.39, 0.29) is 16.2 Å². The normalized spacial score (nSPS) is 22.9. The molecule has 1 fully saturated rings. The molecule has 1 aromatic rings. The van der Waals surface area contributed by atoms with Gasteiger partial charge >= 0.3 is 0 Å². The summed E-state index contributed by atoms with van der Waals surface area (Å²) in [5.41, 5.74) is 0. The summed E-state index contributed by atoms with van der Waals surface area (Å²) >= 11 is 5.94. The van der Waals surface area contributed by atoms with Crippen molar-refractivity contribution in [1.29, 1.82) is 0 Å². The standard InChI is InChI=1S/C9H15ClN4O2S/c1-7-5-11-3-4-14(7)17(15,16)9-8(10)13(2)6-12-9/h6-7,11H,3-5H2,1-2H3/t7-/m0/s1. The van der Waals surface area contributed by atoms with Gasteiger partial charge in [0.1, 0.15) is 5.15 Å². The molecule has 0 aliphatic carbocycles. The van der Waals surface area contributed by atoms with E-state index in [0.29, 0.717) is 19.6 Å². The van der Waals surface area contributed by atoms with Gasteiger partial charge in [0.05, 0.1) is 6.33 Å². The Kier molecular flexibility index (Phi) is 3.44. The van der Waals surface area contributed by atoms with Gasteiger partial charge in [0.25, 0.3) is 10.0 Å². The molecule has 0 aromatic carbocycles. The topological polar surface area (TPSA) is 67.2 Å². The summed E-state index contributed by atoms with van der Waals surface area (Å²) in [6, 6.07) is -0.0909. The van der Waals surface area contributed by atoms with Gasteiger partial charge in [0.2, 0.25) is 5.03 Å². The quantitative estimate of drug-likeness (QED) is 0.830. The van der Waals surface area contributed by atoms with Crippen molar-refractivity contribution in [2.45, 2.75) is 18.0 Å². The van der Waals surface area contributed by atoms with Crippen LogP contribution in [0, 0.1) is 0 Å².